The second kappa shape index (κ2) is 8.14. The number of rotatable bonds is 3. The average Bonchev–Trinajstić information content (AvgIpc) is 2.72. The highest BCUT2D eigenvalue weighted by Crippen LogP contribution is 2.57. The van der Waals surface area contributed by atoms with Crippen molar-refractivity contribution in [2.24, 2.45) is 0 Å². The number of phenols is 1. The lowest BCUT2D eigenvalue weighted by Crippen LogP contribution is -2.55. The summed E-state index contributed by atoms with van der Waals surface area (Å²) in [7, 11) is 0. The molecule has 1 aliphatic rings. The van der Waals surface area contributed by atoms with E-state index in [1.165, 1.54) is 12.3 Å². The molecule has 0 radical (unpaired) electrons. The first-order valence-corrected chi connectivity index (χ1v) is 10.8. The van der Waals surface area contributed by atoms with Crippen LogP contribution < -0.4 is 5.32 Å². The van der Waals surface area contributed by atoms with Gasteiger partial charge in [0, 0.05) is 28.9 Å². The van der Waals surface area contributed by atoms with Crippen LogP contribution in [0.2, 0.25) is 10.0 Å². The molecule has 176 valence electrons. The van der Waals surface area contributed by atoms with E-state index >= 15 is 0 Å². The largest absolute Gasteiger partial charge is 0.506 e. The Hall–Kier alpha value is -2.36. The van der Waals surface area contributed by atoms with Gasteiger partial charge in [0.25, 0.3) is 0 Å². The third-order valence-electron chi connectivity index (χ3n) is 6.09. The van der Waals surface area contributed by atoms with Gasteiger partial charge in [0.1, 0.15) is 22.4 Å². The van der Waals surface area contributed by atoms with Crippen LogP contribution >= 0.6 is 23.2 Å². The summed E-state index contributed by atoms with van der Waals surface area (Å²) in [6.45, 7) is 3.23. The second-order valence-corrected chi connectivity index (χ2v) is 8.92. The Kier molecular flexibility index (Phi) is 5.87. The summed E-state index contributed by atoms with van der Waals surface area (Å²) in [5, 5.41) is 24.2. The summed E-state index contributed by atoms with van der Waals surface area (Å²) in [5.41, 5.74) is -3.05. The number of phenolic OH excluding ortho intramolecular Hbond substituents is 1. The van der Waals surface area contributed by atoms with Crippen LogP contribution in [-0.2, 0) is 0 Å². The van der Waals surface area contributed by atoms with Crippen molar-refractivity contribution in [3.05, 3.63) is 57.2 Å². The molecular weight excluding hydrogens is 485 g/mol. The van der Waals surface area contributed by atoms with E-state index in [-0.39, 0.29) is 44.2 Å². The number of fused-ring (bicyclic) bond motifs is 2. The number of hydrogen-bond donors (Lipinski definition) is 3. The molecule has 0 bridgehead atoms. The van der Waals surface area contributed by atoms with Gasteiger partial charge in [-0.05, 0) is 43.4 Å². The lowest BCUT2D eigenvalue weighted by atomic mass is 9.69. The molecule has 0 unspecified atom stereocenters. The molecule has 0 saturated carbocycles. The van der Waals surface area contributed by atoms with Crippen molar-refractivity contribution in [3.63, 3.8) is 0 Å². The van der Waals surface area contributed by atoms with Crippen LogP contribution in [0.4, 0.5) is 23.2 Å². The average molecular weight is 504 g/mol. The monoisotopic (exact) mass is 503 g/mol. The minimum absolute atomic E-state index is 0.0517. The Bertz CT molecular complexity index is 1250. The van der Waals surface area contributed by atoms with Crippen molar-refractivity contribution in [1.29, 1.82) is 0 Å². The zero-order chi connectivity index (χ0) is 24.3. The predicted octanol–water partition coefficient (Wildman–Crippen LogP) is 6.43. The summed E-state index contributed by atoms with van der Waals surface area (Å²) in [6, 6.07) is 1.50. The molecule has 0 aliphatic heterocycles. The first-order chi connectivity index (χ1) is 15.4. The number of aromatic hydroxyl groups is 1. The van der Waals surface area contributed by atoms with E-state index in [2.05, 4.69) is 15.3 Å². The summed E-state index contributed by atoms with van der Waals surface area (Å²) in [6.07, 6.45) is -4.25. The molecule has 33 heavy (non-hydrogen) atoms. The maximum absolute atomic E-state index is 14.3. The molecule has 2 aromatic carbocycles. The molecule has 1 aromatic heterocycles. The van der Waals surface area contributed by atoms with Gasteiger partial charge in [-0.3, -0.25) is 0 Å². The van der Waals surface area contributed by atoms with E-state index in [9.17, 15) is 27.8 Å². The number of benzene rings is 2. The molecule has 3 N–H and O–H groups in total. The van der Waals surface area contributed by atoms with Crippen molar-refractivity contribution in [1.82, 2.24) is 9.97 Å². The molecule has 0 amide bonds. The number of hydrogen-bond acceptors (Lipinski definition) is 5. The summed E-state index contributed by atoms with van der Waals surface area (Å²) < 4.78 is 57.2. The first kappa shape index (κ1) is 23.8. The molecule has 1 aliphatic carbocycles. The van der Waals surface area contributed by atoms with Crippen LogP contribution in [-0.4, -0.2) is 32.0 Å². The van der Waals surface area contributed by atoms with Gasteiger partial charge >= 0.3 is 6.18 Å². The van der Waals surface area contributed by atoms with Gasteiger partial charge in [0.05, 0.1) is 16.6 Å². The number of nitrogens with one attached hydrogen (secondary N) is 1. The molecule has 0 spiro atoms. The van der Waals surface area contributed by atoms with Gasteiger partial charge in [-0.25, -0.2) is 14.4 Å². The van der Waals surface area contributed by atoms with Crippen LogP contribution in [0.15, 0.2) is 24.4 Å². The van der Waals surface area contributed by atoms with Crippen LogP contribution in [0.3, 0.4) is 0 Å². The van der Waals surface area contributed by atoms with E-state index in [0.717, 1.165) is 12.1 Å². The third-order valence-corrected chi connectivity index (χ3v) is 6.87. The molecule has 0 saturated heterocycles. The molecule has 5 nitrogen and oxygen atoms in total. The number of nitrogens with zero attached hydrogens (tertiary/aromatic N) is 2. The normalized spacial score (nSPS) is 22.9. The third kappa shape index (κ3) is 3.86. The van der Waals surface area contributed by atoms with Gasteiger partial charge in [-0.15, -0.1) is 0 Å². The fraction of sp³-hybridized carbons (Fsp3) is 0.364. The number of anilines is 1. The first-order valence-electron chi connectivity index (χ1n) is 10.1. The molecule has 11 heteroatoms. The molecule has 3 atom stereocenters. The highest BCUT2D eigenvalue weighted by molar-refractivity contribution is 6.43. The summed E-state index contributed by atoms with van der Waals surface area (Å²) in [4.78, 5) is 8.18. The van der Waals surface area contributed by atoms with Crippen molar-refractivity contribution < 1.29 is 27.8 Å². The van der Waals surface area contributed by atoms with E-state index < -0.39 is 41.7 Å². The minimum atomic E-state index is -5.06. The van der Waals surface area contributed by atoms with E-state index in [1.807, 2.05) is 0 Å². The van der Waals surface area contributed by atoms with E-state index in [0.29, 0.717) is 5.82 Å². The summed E-state index contributed by atoms with van der Waals surface area (Å²) in [5.74, 6) is -1.68. The predicted molar refractivity (Wildman–Crippen MR) is 117 cm³/mol. The number of alkyl halides is 3. The van der Waals surface area contributed by atoms with Crippen LogP contribution in [0.1, 0.15) is 48.7 Å². The Balaban J connectivity index is 1.98. The molecular formula is C22H19Cl2F4N3O2. The van der Waals surface area contributed by atoms with Crippen molar-refractivity contribution in [2.75, 3.05) is 5.32 Å². The van der Waals surface area contributed by atoms with Gasteiger partial charge in [-0.1, -0.05) is 30.1 Å². The minimum Gasteiger partial charge on any atom is -0.506 e. The van der Waals surface area contributed by atoms with E-state index in [1.54, 1.807) is 13.8 Å². The number of aromatic nitrogens is 2. The van der Waals surface area contributed by atoms with Crippen molar-refractivity contribution in [3.8, 4) is 5.75 Å². The van der Waals surface area contributed by atoms with Crippen LogP contribution in [0.5, 0.6) is 5.75 Å². The SMILES string of the molecule is CC[C@@H]1C[C@](O)(C(F)(F)F)[C@@H](Nc2cc(F)cc3nc(C)ncc23)c2cc(Cl)c(Cl)c(O)c21. The van der Waals surface area contributed by atoms with E-state index in [4.69, 9.17) is 23.2 Å². The van der Waals surface area contributed by atoms with Gasteiger partial charge in [0.15, 0.2) is 5.60 Å². The zero-order valence-corrected chi connectivity index (χ0v) is 18.9. The Morgan fingerprint density at radius 1 is 1.24 bits per heavy atom. The van der Waals surface area contributed by atoms with Crippen LogP contribution in [0.25, 0.3) is 10.9 Å². The van der Waals surface area contributed by atoms with Gasteiger partial charge < -0.3 is 15.5 Å². The fourth-order valence-corrected chi connectivity index (χ4v) is 4.82. The quantitative estimate of drug-likeness (QED) is 0.358. The number of aryl methyl sites for hydroxylation is 1. The zero-order valence-electron chi connectivity index (χ0n) is 17.4. The summed E-state index contributed by atoms with van der Waals surface area (Å²) >= 11 is 12.2. The standard InChI is InChI=1S/C22H19Cl2F4N3O2/c1-3-10-7-21(33,22(26,27)28)20(12-6-14(23)18(24)19(32)17(10)12)31-16-5-11(25)4-15-13(16)8-29-9(2)30-15/h4-6,8,10,20,31-33H,3,7H2,1-2H3/t10-,20+,21-/m1/s1. The topological polar surface area (TPSA) is 78.3 Å². The Labute approximate surface area is 196 Å². The lowest BCUT2D eigenvalue weighted by Gasteiger charge is -2.46. The fourth-order valence-electron chi connectivity index (χ4n) is 4.46. The maximum Gasteiger partial charge on any atom is 0.419 e. The highest BCUT2D eigenvalue weighted by atomic mass is 35.5. The van der Waals surface area contributed by atoms with Crippen LogP contribution in [0, 0.1) is 12.7 Å². The lowest BCUT2D eigenvalue weighted by molar-refractivity contribution is -0.272. The second-order valence-electron chi connectivity index (χ2n) is 8.14. The molecule has 0 fully saturated rings. The van der Waals surface area contributed by atoms with Gasteiger partial charge in [-0.2, -0.15) is 13.2 Å². The number of aliphatic hydroxyl groups is 1. The smallest absolute Gasteiger partial charge is 0.419 e. The Morgan fingerprint density at radius 2 is 1.94 bits per heavy atom. The molecule has 1 heterocycles. The van der Waals surface area contributed by atoms with Crippen molar-refractivity contribution in [2.45, 2.75) is 50.4 Å². The molecule has 3 aromatic rings. The van der Waals surface area contributed by atoms with Gasteiger partial charge in [0.2, 0.25) is 0 Å². The number of halogens is 6. The molecule has 4 rings (SSSR count). The van der Waals surface area contributed by atoms with Crippen molar-refractivity contribution >= 4 is 39.8 Å². The Morgan fingerprint density at radius 3 is 2.58 bits per heavy atom. The highest BCUT2D eigenvalue weighted by Gasteiger charge is 2.62. The maximum atomic E-state index is 14.3.